The van der Waals surface area contributed by atoms with Crippen LogP contribution in [0.1, 0.15) is 15.9 Å². The van der Waals surface area contributed by atoms with Crippen LogP contribution in [0.2, 0.25) is 5.02 Å². The summed E-state index contributed by atoms with van der Waals surface area (Å²) in [4.78, 5) is 12.7. The highest BCUT2D eigenvalue weighted by Crippen LogP contribution is 2.29. The summed E-state index contributed by atoms with van der Waals surface area (Å²) in [5.41, 5.74) is 1.54. The summed E-state index contributed by atoms with van der Waals surface area (Å²) in [5.74, 6) is -0.209. The van der Waals surface area contributed by atoms with Crippen LogP contribution in [0.25, 0.3) is 0 Å². The predicted octanol–water partition coefficient (Wildman–Crippen LogP) is 3.73. The van der Waals surface area contributed by atoms with Crippen LogP contribution in [0.4, 0.5) is 11.4 Å². The van der Waals surface area contributed by atoms with Crippen molar-refractivity contribution in [3.8, 4) is 5.75 Å². The largest absolute Gasteiger partial charge is 0.495 e. The zero-order chi connectivity index (χ0) is 27.5. The van der Waals surface area contributed by atoms with Crippen molar-refractivity contribution in [1.29, 1.82) is 0 Å². The van der Waals surface area contributed by atoms with E-state index in [0.29, 0.717) is 17.1 Å². The average molecular weight is 580 g/mol. The molecule has 0 saturated carbocycles. The number of methoxy groups -OCH3 is 1. The molecule has 0 radical (unpaired) electrons. The van der Waals surface area contributed by atoms with E-state index < -0.39 is 26.0 Å². The SMILES string of the molecule is COc1ccc(C)cc1NS(=O)(=O)c1ccc(NC(=O)c2ccc(Cl)c(S(=O)(=O)N3CCOCC3)c2)cc1. The number of nitrogens with zero attached hydrogens (tertiary/aromatic N) is 1. The lowest BCUT2D eigenvalue weighted by molar-refractivity contribution is 0.0730. The molecule has 1 aliphatic rings. The number of morpholine rings is 1. The molecular formula is C25H26ClN3O7S2. The molecule has 202 valence electrons. The summed E-state index contributed by atoms with van der Waals surface area (Å²) in [7, 11) is -6.41. The fraction of sp³-hybridized carbons (Fsp3) is 0.240. The summed E-state index contributed by atoms with van der Waals surface area (Å²) in [6, 6.07) is 14.7. The van der Waals surface area contributed by atoms with Gasteiger partial charge >= 0.3 is 0 Å². The van der Waals surface area contributed by atoms with Gasteiger partial charge in [-0.25, -0.2) is 16.8 Å². The number of hydrogen-bond donors (Lipinski definition) is 2. The fourth-order valence-corrected chi connectivity index (χ4v) is 6.76. The second-order valence-electron chi connectivity index (χ2n) is 8.45. The number of ether oxygens (including phenoxy) is 2. The van der Waals surface area contributed by atoms with Gasteiger partial charge < -0.3 is 14.8 Å². The molecule has 1 aliphatic heterocycles. The van der Waals surface area contributed by atoms with E-state index in [1.165, 1.54) is 53.9 Å². The summed E-state index contributed by atoms with van der Waals surface area (Å²) >= 11 is 6.17. The monoisotopic (exact) mass is 579 g/mol. The number of hydrogen-bond acceptors (Lipinski definition) is 7. The number of amides is 1. The Labute approximate surface area is 226 Å². The first kappa shape index (κ1) is 27.9. The highest BCUT2D eigenvalue weighted by molar-refractivity contribution is 7.92. The lowest BCUT2D eigenvalue weighted by Gasteiger charge is -2.26. The van der Waals surface area contributed by atoms with Crippen LogP contribution in [0, 0.1) is 6.92 Å². The summed E-state index contributed by atoms with van der Waals surface area (Å²) < 4.78 is 66.1. The minimum absolute atomic E-state index is 0.000316. The van der Waals surface area contributed by atoms with Gasteiger partial charge in [-0.15, -0.1) is 0 Å². The van der Waals surface area contributed by atoms with Crippen LogP contribution in [-0.2, 0) is 24.8 Å². The predicted molar refractivity (Wildman–Crippen MR) is 144 cm³/mol. The molecule has 0 unspecified atom stereocenters. The lowest BCUT2D eigenvalue weighted by atomic mass is 10.2. The van der Waals surface area contributed by atoms with E-state index in [9.17, 15) is 21.6 Å². The highest BCUT2D eigenvalue weighted by atomic mass is 35.5. The molecule has 0 bridgehead atoms. The summed E-state index contributed by atoms with van der Waals surface area (Å²) in [5, 5.41) is 2.64. The zero-order valence-electron chi connectivity index (χ0n) is 20.6. The van der Waals surface area contributed by atoms with Crippen molar-refractivity contribution in [1.82, 2.24) is 4.31 Å². The van der Waals surface area contributed by atoms with Gasteiger partial charge in [-0.2, -0.15) is 4.31 Å². The maximum absolute atomic E-state index is 13.0. The number of halogens is 1. The van der Waals surface area contributed by atoms with E-state index in [0.717, 1.165) is 5.56 Å². The number of nitrogens with one attached hydrogen (secondary N) is 2. The van der Waals surface area contributed by atoms with Crippen molar-refractivity contribution in [2.45, 2.75) is 16.7 Å². The highest BCUT2D eigenvalue weighted by Gasteiger charge is 2.29. The maximum Gasteiger partial charge on any atom is 0.262 e. The Morgan fingerprint density at radius 3 is 2.32 bits per heavy atom. The lowest BCUT2D eigenvalue weighted by Crippen LogP contribution is -2.40. The first-order chi connectivity index (χ1) is 18.0. The number of aryl methyl sites for hydroxylation is 1. The quantitative estimate of drug-likeness (QED) is 0.416. The molecule has 2 N–H and O–H groups in total. The minimum atomic E-state index is -3.94. The van der Waals surface area contributed by atoms with Crippen LogP contribution >= 0.6 is 11.6 Å². The molecule has 0 atom stereocenters. The van der Waals surface area contributed by atoms with Gasteiger partial charge in [-0.3, -0.25) is 9.52 Å². The Balaban J connectivity index is 1.50. The van der Waals surface area contributed by atoms with Gasteiger partial charge in [-0.1, -0.05) is 17.7 Å². The molecule has 10 nitrogen and oxygen atoms in total. The molecule has 3 aromatic carbocycles. The van der Waals surface area contributed by atoms with Gasteiger partial charge in [-0.05, 0) is 67.1 Å². The Kier molecular flexibility index (Phi) is 8.28. The number of carbonyl (C=O) groups excluding carboxylic acids is 1. The molecule has 0 spiro atoms. The molecule has 3 aromatic rings. The fourth-order valence-electron chi connectivity index (χ4n) is 3.79. The van der Waals surface area contributed by atoms with Gasteiger partial charge in [0.25, 0.3) is 15.9 Å². The normalized spacial score (nSPS) is 14.6. The van der Waals surface area contributed by atoms with E-state index in [2.05, 4.69) is 10.0 Å². The minimum Gasteiger partial charge on any atom is -0.495 e. The van der Waals surface area contributed by atoms with Crippen LogP contribution in [-0.4, -0.2) is 60.5 Å². The second-order valence-corrected chi connectivity index (χ2v) is 12.4. The molecule has 4 rings (SSSR count). The van der Waals surface area contributed by atoms with Crippen molar-refractivity contribution < 1.29 is 31.1 Å². The standard InChI is InChI=1S/C25H26ClN3O7S2/c1-17-3-10-23(35-2)22(15-17)28-37(31,32)20-7-5-19(6-8-20)27-25(30)18-4-9-21(26)24(16-18)38(33,34)29-11-13-36-14-12-29/h3-10,15-16,28H,11-14H2,1-2H3,(H,27,30). The topological polar surface area (TPSA) is 131 Å². The molecule has 13 heteroatoms. The maximum atomic E-state index is 13.0. The summed E-state index contributed by atoms with van der Waals surface area (Å²) in [6.45, 7) is 2.76. The van der Waals surface area contributed by atoms with Crippen LogP contribution in [0.15, 0.2) is 70.5 Å². The summed E-state index contributed by atoms with van der Waals surface area (Å²) in [6.07, 6.45) is 0. The van der Waals surface area contributed by atoms with E-state index in [1.807, 2.05) is 6.92 Å². The van der Waals surface area contributed by atoms with E-state index in [1.54, 1.807) is 18.2 Å². The van der Waals surface area contributed by atoms with Gasteiger partial charge in [0.1, 0.15) is 10.6 Å². The first-order valence-electron chi connectivity index (χ1n) is 11.5. The van der Waals surface area contributed by atoms with E-state index in [4.69, 9.17) is 21.1 Å². The molecule has 1 amide bonds. The van der Waals surface area contributed by atoms with Gasteiger partial charge in [0.15, 0.2) is 0 Å². The van der Waals surface area contributed by atoms with Crippen molar-refractivity contribution in [3.05, 3.63) is 76.8 Å². The Morgan fingerprint density at radius 1 is 0.974 bits per heavy atom. The third-order valence-electron chi connectivity index (χ3n) is 5.80. The number of rotatable bonds is 8. The zero-order valence-corrected chi connectivity index (χ0v) is 23.0. The Morgan fingerprint density at radius 2 is 1.66 bits per heavy atom. The number of carbonyl (C=O) groups is 1. The van der Waals surface area contributed by atoms with Crippen molar-refractivity contribution >= 4 is 48.9 Å². The molecule has 38 heavy (non-hydrogen) atoms. The number of anilines is 2. The van der Waals surface area contributed by atoms with Gasteiger partial charge in [0.2, 0.25) is 10.0 Å². The van der Waals surface area contributed by atoms with Crippen molar-refractivity contribution in [2.75, 3.05) is 43.5 Å². The Bertz CT molecular complexity index is 1550. The molecule has 1 heterocycles. The third-order valence-corrected chi connectivity index (χ3v) is 9.56. The molecule has 0 aromatic heterocycles. The molecule has 1 fully saturated rings. The van der Waals surface area contributed by atoms with Crippen molar-refractivity contribution in [2.24, 2.45) is 0 Å². The van der Waals surface area contributed by atoms with Crippen LogP contribution in [0.3, 0.4) is 0 Å². The number of benzene rings is 3. The Hall–Kier alpha value is -3.16. The van der Waals surface area contributed by atoms with E-state index >= 15 is 0 Å². The van der Waals surface area contributed by atoms with Gasteiger partial charge in [0.05, 0.1) is 35.9 Å². The second kappa shape index (κ2) is 11.3. The van der Waals surface area contributed by atoms with E-state index in [-0.39, 0.29) is 46.7 Å². The van der Waals surface area contributed by atoms with Crippen LogP contribution in [0.5, 0.6) is 5.75 Å². The smallest absolute Gasteiger partial charge is 0.262 e. The molecule has 0 aliphatic carbocycles. The van der Waals surface area contributed by atoms with Gasteiger partial charge in [0, 0.05) is 24.3 Å². The van der Waals surface area contributed by atoms with Crippen LogP contribution < -0.4 is 14.8 Å². The first-order valence-corrected chi connectivity index (χ1v) is 14.8. The van der Waals surface area contributed by atoms with Crippen molar-refractivity contribution in [3.63, 3.8) is 0 Å². The molecular weight excluding hydrogens is 554 g/mol. The average Bonchev–Trinajstić information content (AvgIpc) is 2.89. The third kappa shape index (κ3) is 6.11. The number of sulfonamides is 2. The molecule has 1 saturated heterocycles.